The second-order valence-electron chi connectivity index (χ2n) is 3.08. The highest BCUT2D eigenvalue weighted by molar-refractivity contribution is 5.37. The van der Waals surface area contributed by atoms with Crippen LogP contribution in [-0.2, 0) is 0 Å². The molecule has 0 saturated carbocycles. The second-order valence-corrected chi connectivity index (χ2v) is 3.08. The van der Waals surface area contributed by atoms with E-state index in [0.29, 0.717) is 10.5 Å². The lowest BCUT2D eigenvalue weighted by Gasteiger charge is -2.06. The minimum Gasteiger partial charge on any atom is -0.616 e. The van der Waals surface area contributed by atoms with Crippen molar-refractivity contribution >= 4 is 0 Å². The lowest BCUT2D eigenvalue weighted by atomic mass is 10.3. The molecule has 0 unspecified atom stereocenters. The molecule has 0 fully saturated rings. The lowest BCUT2D eigenvalue weighted by molar-refractivity contribution is -0.611. The molecule has 16 heavy (non-hydrogen) atoms. The summed E-state index contributed by atoms with van der Waals surface area (Å²) in [7, 11) is 0. The lowest BCUT2D eigenvalue weighted by Crippen LogP contribution is -2.28. The van der Waals surface area contributed by atoms with Crippen LogP contribution in [0.5, 0.6) is 11.6 Å². The summed E-state index contributed by atoms with van der Waals surface area (Å²) < 4.78 is 5.89. The smallest absolute Gasteiger partial charge is 0.403 e. The van der Waals surface area contributed by atoms with Gasteiger partial charge in [-0.25, -0.2) is 0 Å². The molecular weight excluding hydrogens is 204 g/mol. The maximum Gasteiger partial charge on any atom is 0.403 e. The van der Waals surface area contributed by atoms with Crippen molar-refractivity contribution in [1.29, 1.82) is 5.26 Å². The van der Waals surface area contributed by atoms with Crippen LogP contribution in [0.15, 0.2) is 48.7 Å². The molecule has 1 aromatic heterocycles. The molecule has 0 aliphatic heterocycles. The van der Waals surface area contributed by atoms with Crippen molar-refractivity contribution in [3.63, 3.8) is 0 Å². The number of nitriles is 1. The maximum absolute atomic E-state index is 11.4. The molecule has 0 amide bonds. The van der Waals surface area contributed by atoms with Gasteiger partial charge in [-0.1, -0.05) is 18.2 Å². The van der Waals surface area contributed by atoms with E-state index in [1.807, 2.05) is 12.1 Å². The average Bonchev–Trinajstić information content (AvgIpc) is 2.33. The standard InChI is InChI=1S/C12H8N2O2/c13-9-10-5-4-8-14(15)12(10)16-11-6-2-1-3-7-11/h1-8H. The Hall–Kier alpha value is -2.54. The van der Waals surface area contributed by atoms with Crippen molar-refractivity contribution in [3.05, 3.63) is 59.4 Å². The van der Waals surface area contributed by atoms with Crippen molar-refractivity contribution in [1.82, 2.24) is 0 Å². The summed E-state index contributed by atoms with van der Waals surface area (Å²) in [4.78, 5) is 0. The molecule has 0 atom stereocenters. The fourth-order valence-corrected chi connectivity index (χ4v) is 1.26. The highest BCUT2D eigenvalue weighted by Crippen LogP contribution is 2.20. The van der Waals surface area contributed by atoms with Crippen LogP contribution in [0, 0.1) is 16.5 Å². The summed E-state index contributed by atoms with van der Waals surface area (Å²) >= 11 is 0. The first-order valence-electron chi connectivity index (χ1n) is 4.66. The highest BCUT2D eigenvalue weighted by atomic mass is 16.6. The van der Waals surface area contributed by atoms with Crippen LogP contribution in [-0.4, -0.2) is 0 Å². The van der Waals surface area contributed by atoms with E-state index in [9.17, 15) is 5.21 Å². The number of hydrogen-bond donors (Lipinski definition) is 0. The van der Waals surface area contributed by atoms with Gasteiger partial charge < -0.3 is 9.94 Å². The molecule has 2 rings (SSSR count). The number of hydrogen-bond acceptors (Lipinski definition) is 3. The topological polar surface area (TPSA) is 60.0 Å². The number of pyridine rings is 1. The Labute approximate surface area is 92.5 Å². The Bertz CT molecular complexity index is 532. The summed E-state index contributed by atoms with van der Waals surface area (Å²) in [5.41, 5.74) is 0.210. The van der Waals surface area contributed by atoms with Gasteiger partial charge in [0.2, 0.25) is 0 Å². The van der Waals surface area contributed by atoms with Crippen LogP contribution in [0.2, 0.25) is 0 Å². The molecular formula is C12H8N2O2. The van der Waals surface area contributed by atoms with Crippen LogP contribution in [0.4, 0.5) is 0 Å². The number of ether oxygens (including phenoxy) is 1. The van der Waals surface area contributed by atoms with Crippen LogP contribution < -0.4 is 9.47 Å². The minimum atomic E-state index is -0.00352. The predicted molar refractivity (Wildman–Crippen MR) is 56.6 cm³/mol. The van der Waals surface area contributed by atoms with E-state index < -0.39 is 0 Å². The third-order valence-corrected chi connectivity index (χ3v) is 1.99. The Morgan fingerprint density at radius 1 is 1.12 bits per heavy atom. The van der Waals surface area contributed by atoms with Crippen molar-refractivity contribution in [2.75, 3.05) is 0 Å². The highest BCUT2D eigenvalue weighted by Gasteiger charge is 2.14. The van der Waals surface area contributed by atoms with Gasteiger partial charge >= 0.3 is 5.88 Å². The largest absolute Gasteiger partial charge is 0.616 e. The van der Waals surface area contributed by atoms with E-state index in [1.165, 1.54) is 18.3 Å². The SMILES string of the molecule is N#Cc1ccc[n+]([O-])c1Oc1ccccc1. The minimum absolute atomic E-state index is 0.00352. The summed E-state index contributed by atoms with van der Waals surface area (Å²) in [5.74, 6) is 0.519. The van der Waals surface area contributed by atoms with Crippen molar-refractivity contribution in [2.45, 2.75) is 0 Å². The molecule has 2 aromatic rings. The van der Waals surface area contributed by atoms with Crippen molar-refractivity contribution in [3.8, 4) is 17.7 Å². The predicted octanol–water partition coefficient (Wildman–Crippen LogP) is 1.98. The zero-order valence-electron chi connectivity index (χ0n) is 8.33. The van der Waals surface area contributed by atoms with Crippen LogP contribution >= 0.6 is 0 Å². The second kappa shape index (κ2) is 4.32. The van der Waals surface area contributed by atoms with Gasteiger partial charge in [0, 0.05) is 6.07 Å². The number of benzene rings is 1. The molecule has 0 aliphatic rings. The average molecular weight is 212 g/mol. The van der Waals surface area contributed by atoms with Gasteiger partial charge in [-0.2, -0.15) is 5.26 Å². The quantitative estimate of drug-likeness (QED) is 0.565. The Morgan fingerprint density at radius 3 is 2.56 bits per heavy atom. The molecule has 1 heterocycles. The van der Waals surface area contributed by atoms with Crippen LogP contribution in [0.3, 0.4) is 0 Å². The first-order valence-corrected chi connectivity index (χ1v) is 4.66. The molecule has 0 bridgehead atoms. The van der Waals surface area contributed by atoms with Crippen molar-refractivity contribution < 1.29 is 9.47 Å². The van der Waals surface area contributed by atoms with E-state index in [0.717, 1.165) is 0 Å². The number of rotatable bonds is 2. The van der Waals surface area contributed by atoms with Gasteiger partial charge in [0.15, 0.2) is 11.8 Å². The molecule has 4 heteroatoms. The first-order chi connectivity index (χ1) is 7.81. The summed E-state index contributed by atoms with van der Waals surface area (Å²) in [6.45, 7) is 0. The fraction of sp³-hybridized carbons (Fsp3) is 0. The van der Waals surface area contributed by atoms with E-state index in [1.54, 1.807) is 24.3 Å². The Kier molecular flexibility index (Phi) is 2.70. The van der Waals surface area contributed by atoms with E-state index >= 15 is 0 Å². The molecule has 1 aromatic carbocycles. The number of nitrogens with zero attached hydrogens (tertiary/aromatic N) is 2. The fourth-order valence-electron chi connectivity index (χ4n) is 1.26. The van der Waals surface area contributed by atoms with Crippen LogP contribution in [0.25, 0.3) is 0 Å². The van der Waals surface area contributed by atoms with E-state index in [-0.39, 0.29) is 11.4 Å². The first kappa shape index (κ1) is 9.99. The molecule has 78 valence electrons. The Balaban J connectivity index is 2.39. The number of para-hydroxylation sites is 1. The zero-order valence-corrected chi connectivity index (χ0v) is 8.33. The van der Waals surface area contributed by atoms with Gasteiger partial charge in [0.1, 0.15) is 11.8 Å². The van der Waals surface area contributed by atoms with Crippen molar-refractivity contribution in [2.24, 2.45) is 0 Å². The van der Waals surface area contributed by atoms with Gasteiger partial charge in [0.25, 0.3) is 0 Å². The molecule has 0 N–H and O–H groups in total. The summed E-state index contributed by atoms with van der Waals surface area (Å²) in [6, 6.07) is 13.8. The van der Waals surface area contributed by atoms with Gasteiger partial charge in [-0.05, 0) is 18.2 Å². The van der Waals surface area contributed by atoms with Gasteiger partial charge in [0.05, 0.1) is 0 Å². The van der Waals surface area contributed by atoms with Gasteiger partial charge in [-0.15, -0.1) is 4.73 Å². The zero-order chi connectivity index (χ0) is 11.4. The van der Waals surface area contributed by atoms with Crippen LogP contribution in [0.1, 0.15) is 5.56 Å². The molecule has 0 radical (unpaired) electrons. The van der Waals surface area contributed by atoms with Gasteiger partial charge in [-0.3, -0.25) is 0 Å². The molecule has 4 nitrogen and oxygen atoms in total. The maximum atomic E-state index is 11.4. The molecule has 0 aliphatic carbocycles. The molecule has 0 saturated heterocycles. The van der Waals surface area contributed by atoms with E-state index in [4.69, 9.17) is 10.00 Å². The monoisotopic (exact) mass is 212 g/mol. The Morgan fingerprint density at radius 2 is 1.88 bits per heavy atom. The van der Waals surface area contributed by atoms with E-state index in [2.05, 4.69) is 0 Å². The summed E-state index contributed by atoms with van der Waals surface area (Å²) in [6.07, 6.45) is 1.29. The third kappa shape index (κ3) is 1.93. The molecule has 0 spiro atoms. The summed E-state index contributed by atoms with van der Waals surface area (Å²) in [5, 5.41) is 20.3. The normalized spacial score (nSPS) is 9.44. The third-order valence-electron chi connectivity index (χ3n) is 1.99. The number of aromatic nitrogens is 1.